The fourth-order valence-electron chi connectivity index (χ4n) is 3.21. The molecule has 2 aromatic rings. The Balaban J connectivity index is 1.54. The molecule has 1 aliphatic heterocycles. The van der Waals surface area contributed by atoms with Gasteiger partial charge in [-0.3, -0.25) is 4.79 Å². The van der Waals surface area contributed by atoms with E-state index >= 15 is 0 Å². The van der Waals surface area contributed by atoms with Crippen LogP contribution >= 0.6 is 11.6 Å². The first-order chi connectivity index (χ1) is 11.7. The third-order valence-electron chi connectivity index (χ3n) is 4.78. The average Bonchev–Trinajstić information content (AvgIpc) is 3.17. The van der Waals surface area contributed by atoms with Crippen molar-refractivity contribution < 1.29 is 14.4 Å². The van der Waals surface area contributed by atoms with Gasteiger partial charge >= 0.3 is 0 Å². The van der Waals surface area contributed by atoms with Crippen molar-refractivity contribution >= 4 is 17.5 Å². The Bertz CT molecular complexity index is 759. The van der Waals surface area contributed by atoms with E-state index in [0.29, 0.717) is 35.5 Å². The minimum absolute atomic E-state index is 0.0297. The van der Waals surface area contributed by atoms with Gasteiger partial charge in [-0.1, -0.05) is 28.9 Å². The summed E-state index contributed by atoms with van der Waals surface area (Å²) in [4.78, 5) is 18.9. The number of carbonyl (C=O) groups excluding carboxylic acids is 1. The first-order valence-corrected chi connectivity index (χ1v) is 8.53. The average molecular weight is 348 g/mol. The van der Waals surface area contributed by atoms with E-state index in [1.165, 1.54) is 0 Å². The minimum atomic E-state index is -0.138. The maximum atomic E-state index is 12.7. The molecule has 0 unspecified atom stereocenters. The molecule has 126 valence electrons. The highest BCUT2D eigenvalue weighted by molar-refractivity contribution is 6.33. The van der Waals surface area contributed by atoms with Crippen molar-refractivity contribution in [1.29, 1.82) is 0 Å². The molecule has 0 radical (unpaired) electrons. The molecule has 2 atom stereocenters. The first kappa shape index (κ1) is 15.6. The van der Waals surface area contributed by atoms with Crippen molar-refractivity contribution in [2.24, 2.45) is 5.92 Å². The summed E-state index contributed by atoms with van der Waals surface area (Å²) in [5.74, 6) is 1.30. The fraction of sp³-hybridized carbons (Fsp3) is 0.471. The van der Waals surface area contributed by atoms with Crippen molar-refractivity contribution in [3.05, 3.63) is 46.6 Å². The molecular formula is C17H18ClN3O3. The van der Waals surface area contributed by atoms with Crippen LogP contribution in [0.1, 0.15) is 46.8 Å². The number of aliphatic hydroxyl groups excluding tert-OH is 1. The number of rotatable bonds is 4. The topological polar surface area (TPSA) is 79.5 Å². The molecule has 2 fully saturated rings. The Morgan fingerprint density at radius 3 is 2.83 bits per heavy atom. The highest BCUT2D eigenvalue weighted by Crippen LogP contribution is 2.40. The maximum Gasteiger partial charge on any atom is 0.255 e. The lowest BCUT2D eigenvalue weighted by Gasteiger charge is -2.16. The van der Waals surface area contributed by atoms with Gasteiger partial charge in [0.25, 0.3) is 5.91 Å². The van der Waals surface area contributed by atoms with Crippen molar-refractivity contribution in [2.45, 2.75) is 24.7 Å². The van der Waals surface area contributed by atoms with Gasteiger partial charge in [-0.05, 0) is 25.0 Å². The van der Waals surface area contributed by atoms with E-state index in [9.17, 15) is 9.90 Å². The molecule has 0 spiro atoms. The molecule has 1 saturated carbocycles. The van der Waals surface area contributed by atoms with Gasteiger partial charge in [-0.25, -0.2) is 0 Å². The number of aromatic nitrogens is 2. The Hall–Kier alpha value is -1.92. The van der Waals surface area contributed by atoms with Gasteiger partial charge < -0.3 is 14.5 Å². The zero-order chi connectivity index (χ0) is 16.7. The molecule has 1 aliphatic carbocycles. The lowest BCUT2D eigenvalue weighted by atomic mass is 9.97. The van der Waals surface area contributed by atoms with Gasteiger partial charge in [0, 0.05) is 31.5 Å². The molecular weight excluding hydrogens is 330 g/mol. The summed E-state index contributed by atoms with van der Waals surface area (Å²) in [5, 5.41) is 14.2. The highest BCUT2D eigenvalue weighted by atomic mass is 35.5. The largest absolute Gasteiger partial charge is 0.396 e. The molecule has 6 nitrogen and oxygen atoms in total. The van der Waals surface area contributed by atoms with Crippen molar-refractivity contribution in [2.75, 3.05) is 19.7 Å². The van der Waals surface area contributed by atoms with E-state index in [4.69, 9.17) is 16.1 Å². The zero-order valence-electron chi connectivity index (χ0n) is 13.1. The van der Waals surface area contributed by atoms with Gasteiger partial charge in [0.1, 0.15) is 0 Å². The molecule has 4 rings (SSSR count). The Kier molecular flexibility index (Phi) is 4.02. The molecule has 1 N–H and O–H groups in total. The van der Waals surface area contributed by atoms with Gasteiger partial charge in [-0.15, -0.1) is 0 Å². The van der Waals surface area contributed by atoms with Crippen LogP contribution in [0.4, 0.5) is 0 Å². The lowest BCUT2D eigenvalue weighted by molar-refractivity contribution is 0.0781. The van der Waals surface area contributed by atoms with Crippen LogP contribution < -0.4 is 0 Å². The van der Waals surface area contributed by atoms with Crippen LogP contribution in [0.15, 0.2) is 28.8 Å². The smallest absolute Gasteiger partial charge is 0.255 e. The van der Waals surface area contributed by atoms with Gasteiger partial charge in [0.15, 0.2) is 5.82 Å². The molecule has 1 saturated heterocycles. The number of carbonyl (C=O) groups is 1. The summed E-state index contributed by atoms with van der Waals surface area (Å²) in [6.45, 7) is 0.867. The van der Waals surface area contributed by atoms with E-state index in [-0.39, 0.29) is 24.3 Å². The summed E-state index contributed by atoms with van der Waals surface area (Å²) >= 11 is 6.13. The predicted molar refractivity (Wildman–Crippen MR) is 86.9 cm³/mol. The van der Waals surface area contributed by atoms with Crippen LogP contribution in [0, 0.1) is 5.92 Å². The molecule has 1 aromatic heterocycles. The minimum Gasteiger partial charge on any atom is -0.396 e. The monoisotopic (exact) mass is 347 g/mol. The van der Waals surface area contributed by atoms with Gasteiger partial charge in [0.05, 0.1) is 16.5 Å². The maximum absolute atomic E-state index is 12.7. The predicted octanol–water partition coefficient (Wildman–Crippen LogP) is 2.45. The first-order valence-electron chi connectivity index (χ1n) is 8.15. The number of amides is 1. The number of halogens is 1. The van der Waals surface area contributed by atoms with Gasteiger partial charge in [-0.2, -0.15) is 4.98 Å². The van der Waals surface area contributed by atoms with Gasteiger partial charge in [0.2, 0.25) is 5.89 Å². The second-order valence-electron chi connectivity index (χ2n) is 6.50. The quantitative estimate of drug-likeness (QED) is 0.919. The number of likely N-dealkylation sites (tertiary alicyclic amines) is 1. The summed E-state index contributed by atoms with van der Waals surface area (Å²) in [7, 11) is 0. The van der Waals surface area contributed by atoms with Crippen molar-refractivity contribution in [3.8, 4) is 0 Å². The van der Waals surface area contributed by atoms with E-state index in [1.54, 1.807) is 29.2 Å². The third kappa shape index (κ3) is 2.80. The molecule has 1 aromatic carbocycles. The summed E-state index contributed by atoms with van der Waals surface area (Å²) in [6.07, 6.45) is 2.20. The second-order valence-corrected chi connectivity index (χ2v) is 6.91. The summed E-state index contributed by atoms with van der Waals surface area (Å²) in [6, 6.07) is 6.99. The zero-order valence-corrected chi connectivity index (χ0v) is 13.8. The molecule has 24 heavy (non-hydrogen) atoms. The number of hydrogen-bond acceptors (Lipinski definition) is 5. The van der Waals surface area contributed by atoms with Crippen LogP contribution in [0.2, 0.25) is 5.02 Å². The van der Waals surface area contributed by atoms with Crippen LogP contribution in [0.25, 0.3) is 0 Å². The Morgan fingerprint density at radius 1 is 1.33 bits per heavy atom. The standard InChI is InChI=1S/C17H18ClN3O3/c18-14-4-2-1-3-12(14)17(23)21-7-11(9-22)13(8-21)16-19-15(20-24-16)10-5-6-10/h1-4,10-11,13,22H,5-9H2/t11-,13+/m0/s1. The van der Waals surface area contributed by atoms with E-state index in [1.807, 2.05) is 0 Å². The molecule has 1 amide bonds. The number of aliphatic hydroxyl groups is 1. The Labute approximate surface area is 144 Å². The van der Waals surface area contributed by atoms with E-state index in [0.717, 1.165) is 18.7 Å². The summed E-state index contributed by atoms with van der Waals surface area (Å²) < 4.78 is 5.40. The second kappa shape index (κ2) is 6.18. The number of hydrogen-bond donors (Lipinski definition) is 1. The van der Waals surface area contributed by atoms with Crippen molar-refractivity contribution in [3.63, 3.8) is 0 Å². The lowest BCUT2D eigenvalue weighted by Crippen LogP contribution is -2.29. The fourth-order valence-corrected chi connectivity index (χ4v) is 3.43. The third-order valence-corrected chi connectivity index (χ3v) is 5.11. The van der Waals surface area contributed by atoms with Crippen molar-refractivity contribution in [1.82, 2.24) is 15.0 Å². The number of nitrogens with zero attached hydrogens (tertiary/aromatic N) is 3. The van der Waals surface area contributed by atoms with E-state index in [2.05, 4.69) is 10.1 Å². The highest BCUT2D eigenvalue weighted by Gasteiger charge is 2.40. The summed E-state index contributed by atoms with van der Waals surface area (Å²) in [5.41, 5.74) is 0.473. The molecule has 2 heterocycles. The molecule has 0 bridgehead atoms. The van der Waals surface area contributed by atoms with E-state index < -0.39 is 0 Å². The number of benzene rings is 1. The molecule has 2 aliphatic rings. The van der Waals surface area contributed by atoms with Crippen LogP contribution in [-0.2, 0) is 0 Å². The van der Waals surface area contributed by atoms with Crippen LogP contribution in [0.3, 0.4) is 0 Å². The van der Waals surface area contributed by atoms with Crippen LogP contribution in [-0.4, -0.2) is 45.8 Å². The molecule has 7 heteroatoms. The normalized spacial score (nSPS) is 23.7. The van der Waals surface area contributed by atoms with Crippen LogP contribution in [0.5, 0.6) is 0 Å². The Morgan fingerprint density at radius 2 is 2.12 bits per heavy atom. The SMILES string of the molecule is O=C(c1ccccc1Cl)N1C[C@@H](CO)[C@H](c2nc(C3CC3)no2)C1.